The summed E-state index contributed by atoms with van der Waals surface area (Å²) >= 11 is 0.963. The van der Waals surface area contributed by atoms with Gasteiger partial charge in [0.1, 0.15) is 11.4 Å². The molecule has 1 aliphatic heterocycles. The van der Waals surface area contributed by atoms with E-state index in [1.54, 1.807) is 6.92 Å². The van der Waals surface area contributed by atoms with Crippen LogP contribution in [0, 0.1) is 6.92 Å². The molecule has 1 aromatic heterocycles. The van der Waals surface area contributed by atoms with E-state index in [4.69, 9.17) is 5.11 Å². The number of aromatic carboxylic acids is 1. The van der Waals surface area contributed by atoms with Crippen molar-refractivity contribution in [2.75, 3.05) is 31.6 Å². The minimum atomic E-state index is -1.06. The van der Waals surface area contributed by atoms with E-state index in [-0.39, 0.29) is 23.4 Å². The first kappa shape index (κ1) is 14.3. The number of carboxylic acid groups (broad SMARTS) is 1. The van der Waals surface area contributed by atoms with Crippen LogP contribution in [-0.4, -0.2) is 59.6 Å². The van der Waals surface area contributed by atoms with Crippen molar-refractivity contribution >= 4 is 34.4 Å². The lowest BCUT2D eigenvalue weighted by atomic mass is 10.4. The molecule has 1 aromatic rings. The zero-order valence-electron chi connectivity index (χ0n) is 11.0. The molecule has 2 N–H and O–H groups in total. The summed E-state index contributed by atoms with van der Waals surface area (Å²) in [6.45, 7) is 2.38. The quantitative estimate of drug-likeness (QED) is 0.823. The van der Waals surface area contributed by atoms with Gasteiger partial charge in [-0.3, -0.25) is 9.69 Å². The molecule has 9 heteroatoms. The molecule has 8 nitrogen and oxygen atoms in total. The maximum absolute atomic E-state index is 12.1. The summed E-state index contributed by atoms with van der Waals surface area (Å²) in [5.74, 6) is -1.30. The van der Waals surface area contributed by atoms with Crippen molar-refractivity contribution in [1.82, 2.24) is 15.2 Å². The normalized spacial score (nSPS) is 14.8. The van der Waals surface area contributed by atoms with Gasteiger partial charge in [-0.1, -0.05) is 11.3 Å². The van der Waals surface area contributed by atoms with Crippen LogP contribution >= 0.6 is 11.3 Å². The number of hydrogen-bond donors (Lipinski definition) is 2. The van der Waals surface area contributed by atoms with Gasteiger partial charge in [0.25, 0.3) is 0 Å². The summed E-state index contributed by atoms with van der Waals surface area (Å²) in [5, 5.41) is 11.8. The van der Waals surface area contributed by atoms with Gasteiger partial charge >= 0.3 is 12.0 Å². The fraction of sp³-hybridized carbons (Fsp3) is 0.455. The van der Waals surface area contributed by atoms with E-state index in [0.29, 0.717) is 23.9 Å². The molecule has 3 amide bonds. The molecule has 0 unspecified atom stereocenters. The Morgan fingerprint density at radius 1 is 1.45 bits per heavy atom. The van der Waals surface area contributed by atoms with Gasteiger partial charge in [-0.2, -0.15) is 0 Å². The Morgan fingerprint density at radius 2 is 2.15 bits per heavy atom. The molecule has 1 saturated heterocycles. The lowest BCUT2D eigenvalue weighted by Gasteiger charge is -2.15. The number of anilines is 1. The molecule has 0 spiro atoms. The number of thiazole rings is 1. The first-order chi connectivity index (χ1) is 9.43. The van der Waals surface area contributed by atoms with Crippen LogP contribution in [0.2, 0.25) is 0 Å². The number of aryl methyl sites for hydroxylation is 1. The first-order valence-corrected chi connectivity index (χ1v) is 6.73. The maximum atomic E-state index is 12.1. The van der Waals surface area contributed by atoms with Crippen molar-refractivity contribution in [3.63, 3.8) is 0 Å². The third kappa shape index (κ3) is 2.57. The highest BCUT2D eigenvalue weighted by Crippen LogP contribution is 2.28. The highest BCUT2D eigenvalue weighted by molar-refractivity contribution is 7.17. The van der Waals surface area contributed by atoms with E-state index in [2.05, 4.69) is 10.3 Å². The number of aromatic nitrogens is 1. The average molecular weight is 298 g/mol. The van der Waals surface area contributed by atoms with Gasteiger partial charge < -0.3 is 15.3 Å². The van der Waals surface area contributed by atoms with E-state index < -0.39 is 5.97 Å². The van der Waals surface area contributed by atoms with E-state index >= 15 is 0 Å². The smallest absolute Gasteiger partial charge is 0.347 e. The topological polar surface area (TPSA) is 103 Å². The summed E-state index contributed by atoms with van der Waals surface area (Å²) < 4.78 is 0. The zero-order valence-corrected chi connectivity index (χ0v) is 11.9. The molecule has 0 radical (unpaired) electrons. The largest absolute Gasteiger partial charge is 0.477 e. The SMILES string of the molecule is CNC(=O)CN1CCN(c2nc(C)c(C(=O)O)s2)C1=O. The molecular weight excluding hydrogens is 284 g/mol. The molecule has 0 aromatic carbocycles. The molecule has 1 aliphatic rings. The standard InChI is InChI=1S/C11H14N4O4S/c1-6-8(9(17)18)20-10(13-6)15-4-3-14(11(15)19)5-7(16)12-2/h3-5H2,1-2H3,(H,12,16)(H,17,18). The van der Waals surface area contributed by atoms with E-state index in [9.17, 15) is 14.4 Å². The average Bonchev–Trinajstić information content (AvgIpc) is 2.94. The Hall–Kier alpha value is -2.16. The number of carbonyl (C=O) groups excluding carboxylic acids is 2. The molecule has 0 saturated carbocycles. The molecule has 0 atom stereocenters. The number of carbonyl (C=O) groups is 3. The van der Waals surface area contributed by atoms with Crippen molar-refractivity contribution in [2.24, 2.45) is 0 Å². The number of urea groups is 1. The van der Waals surface area contributed by atoms with Crippen LogP contribution in [0.4, 0.5) is 9.93 Å². The number of carboxylic acids is 1. The lowest BCUT2D eigenvalue weighted by Crippen LogP contribution is -2.38. The molecule has 2 heterocycles. The second-order valence-corrected chi connectivity index (χ2v) is 5.22. The molecule has 0 bridgehead atoms. The van der Waals surface area contributed by atoms with Crippen LogP contribution in [0.5, 0.6) is 0 Å². The number of amides is 3. The predicted molar refractivity (Wildman–Crippen MR) is 72.2 cm³/mol. The highest BCUT2D eigenvalue weighted by atomic mass is 32.1. The predicted octanol–water partition coefficient (Wildman–Crippen LogP) is 0.138. The van der Waals surface area contributed by atoms with Crippen LogP contribution in [0.25, 0.3) is 0 Å². The fourth-order valence-corrected chi connectivity index (χ4v) is 2.78. The second-order valence-electron chi connectivity index (χ2n) is 4.25. The van der Waals surface area contributed by atoms with Crippen LogP contribution in [0.1, 0.15) is 15.4 Å². The van der Waals surface area contributed by atoms with E-state index in [0.717, 1.165) is 11.3 Å². The third-order valence-corrected chi connectivity index (χ3v) is 4.09. The third-order valence-electron chi connectivity index (χ3n) is 2.92. The van der Waals surface area contributed by atoms with Crippen molar-refractivity contribution < 1.29 is 19.5 Å². The highest BCUT2D eigenvalue weighted by Gasteiger charge is 2.33. The second kappa shape index (κ2) is 5.45. The zero-order chi connectivity index (χ0) is 14.9. The van der Waals surface area contributed by atoms with Gasteiger partial charge in [0.15, 0.2) is 5.13 Å². The minimum absolute atomic E-state index is 0.0119. The Bertz CT molecular complexity index is 571. The molecule has 108 valence electrons. The van der Waals surface area contributed by atoms with Gasteiger partial charge in [0.2, 0.25) is 5.91 Å². The molecule has 1 fully saturated rings. The van der Waals surface area contributed by atoms with Crippen LogP contribution in [0.15, 0.2) is 0 Å². The number of nitrogens with zero attached hydrogens (tertiary/aromatic N) is 3. The molecular formula is C11H14N4O4S. The van der Waals surface area contributed by atoms with Crippen molar-refractivity contribution in [2.45, 2.75) is 6.92 Å². The van der Waals surface area contributed by atoms with Crippen LogP contribution in [0.3, 0.4) is 0 Å². The van der Waals surface area contributed by atoms with Crippen molar-refractivity contribution in [3.05, 3.63) is 10.6 Å². The Morgan fingerprint density at radius 3 is 2.70 bits per heavy atom. The van der Waals surface area contributed by atoms with E-state index in [1.807, 2.05) is 0 Å². The summed E-state index contributed by atoms with van der Waals surface area (Å²) in [7, 11) is 1.50. The molecule has 20 heavy (non-hydrogen) atoms. The first-order valence-electron chi connectivity index (χ1n) is 5.91. The van der Waals surface area contributed by atoms with Crippen LogP contribution in [-0.2, 0) is 4.79 Å². The van der Waals surface area contributed by atoms with Gasteiger partial charge in [-0.25, -0.2) is 14.6 Å². The van der Waals surface area contributed by atoms with Gasteiger partial charge in [-0.15, -0.1) is 0 Å². The van der Waals surface area contributed by atoms with Crippen molar-refractivity contribution in [3.8, 4) is 0 Å². The summed E-state index contributed by atoms with van der Waals surface area (Å²) in [6, 6.07) is -0.334. The summed E-state index contributed by atoms with van der Waals surface area (Å²) in [6.07, 6.45) is 0. The number of likely N-dealkylation sites (N-methyl/N-ethyl adjacent to an activating group) is 1. The van der Waals surface area contributed by atoms with Crippen molar-refractivity contribution in [1.29, 1.82) is 0 Å². The Kier molecular flexibility index (Phi) is 3.89. The number of hydrogen-bond acceptors (Lipinski definition) is 5. The van der Waals surface area contributed by atoms with Crippen LogP contribution < -0.4 is 10.2 Å². The molecule has 2 rings (SSSR count). The fourth-order valence-electron chi connectivity index (χ4n) is 1.86. The Balaban J connectivity index is 2.15. The summed E-state index contributed by atoms with van der Waals surface area (Å²) in [4.78, 5) is 41.4. The molecule has 0 aliphatic carbocycles. The monoisotopic (exact) mass is 298 g/mol. The van der Waals surface area contributed by atoms with Gasteiger partial charge in [-0.05, 0) is 6.92 Å². The van der Waals surface area contributed by atoms with Gasteiger partial charge in [0, 0.05) is 20.1 Å². The Labute approximate surface area is 119 Å². The van der Waals surface area contributed by atoms with Gasteiger partial charge in [0.05, 0.1) is 5.69 Å². The number of nitrogens with one attached hydrogen (secondary N) is 1. The minimum Gasteiger partial charge on any atom is -0.477 e. The lowest BCUT2D eigenvalue weighted by molar-refractivity contribution is -0.121. The summed E-state index contributed by atoms with van der Waals surface area (Å²) in [5.41, 5.74) is 0.384. The van der Waals surface area contributed by atoms with E-state index in [1.165, 1.54) is 16.8 Å². The number of rotatable bonds is 4. The maximum Gasteiger partial charge on any atom is 0.347 e.